The van der Waals surface area contributed by atoms with Crippen LogP contribution in [0.3, 0.4) is 0 Å². The van der Waals surface area contributed by atoms with Gasteiger partial charge in [0.25, 0.3) is 0 Å². The molecule has 2 aromatic rings. The van der Waals surface area contributed by atoms with Crippen molar-refractivity contribution in [3.63, 3.8) is 0 Å². The van der Waals surface area contributed by atoms with Gasteiger partial charge in [0.15, 0.2) is 0 Å². The average Bonchev–Trinajstić information content (AvgIpc) is 3.06. The largest absolute Gasteiger partial charge is 0.394 e. The second kappa shape index (κ2) is 11.7. The molecule has 10 heteroatoms. The van der Waals surface area contributed by atoms with Gasteiger partial charge in [0.2, 0.25) is 5.91 Å². The summed E-state index contributed by atoms with van der Waals surface area (Å²) >= 11 is 12.3. The predicted molar refractivity (Wildman–Crippen MR) is 138 cm³/mol. The molecule has 5 atom stereocenters. The quantitative estimate of drug-likeness (QED) is 0.346. The first-order chi connectivity index (χ1) is 16.8. The molecule has 2 aromatic carbocycles. The lowest BCUT2D eigenvalue weighted by Crippen LogP contribution is -2.46. The Balaban J connectivity index is 2.08. The van der Waals surface area contributed by atoms with Gasteiger partial charge in [-0.05, 0) is 59.7 Å². The predicted octanol–water partition coefficient (Wildman–Crippen LogP) is 3.99. The summed E-state index contributed by atoms with van der Waals surface area (Å²) in [5.74, 6) is -2.41. The molecular formula is C26H33Cl2F2N3O3. The topological polar surface area (TPSA) is 108 Å². The van der Waals surface area contributed by atoms with Crippen molar-refractivity contribution in [1.29, 1.82) is 0 Å². The summed E-state index contributed by atoms with van der Waals surface area (Å²) in [6.07, 6.45) is -0.155. The van der Waals surface area contributed by atoms with Crippen molar-refractivity contribution >= 4 is 29.1 Å². The maximum absolute atomic E-state index is 15.4. The van der Waals surface area contributed by atoms with Crippen LogP contribution in [0, 0.1) is 17.0 Å². The van der Waals surface area contributed by atoms with E-state index in [1.807, 2.05) is 0 Å². The Morgan fingerprint density at radius 2 is 1.83 bits per heavy atom. The first-order valence-corrected chi connectivity index (χ1v) is 12.6. The first-order valence-electron chi connectivity index (χ1n) is 11.8. The molecule has 198 valence electrons. The number of aliphatic hydroxyl groups excluding tert-OH is 2. The summed E-state index contributed by atoms with van der Waals surface area (Å²) in [6, 6.07) is 4.71. The van der Waals surface area contributed by atoms with E-state index in [1.165, 1.54) is 12.1 Å². The molecule has 0 bridgehead atoms. The summed E-state index contributed by atoms with van der Waals surface area (Å²) < 4.78 is 29.6. The number of nitrogens with two attached hydrogens (primary N) is 1. The van der Waals surface area contributed by atoms with E-state index in [2.05, 4.69) is 31.4 Å². The van der Waals surface area contributed by atoms with Crippen molar-refractivity contribution in [3.8, 4) is 11.1 Å². The fraction of sp³-hybridized carbons (Fsp3) is 0.500. The Bertz CT molecular complexity index is 1080. The Morgan fingerprint density at radius 3 is 2.44 bits per heavy atom. The number of carbonyl (C=O) groups excluding carboxylic acids is 1. The molecule has 0 spiro atoms. The zero-order valence-electron chi connectivity index (χ0n) is 20.5. The van der Waals surface area contributed by atoms with Crippen LogP contribution in [0.25, 0.3) is 11.1 Å². The van der Waals surface area contributed by atoms with E-state index in [-0.39, 0.29) is 51.5 Å². The van der Waals surface area contributed by atoms with Gasteiger partial charge >= 0.3 is 0 Å². The lowest BCUT2D eigenvalue weighted by molar-refractivity contribution is -0.123. The van der Waals surface area contributed by atoms with Crippen LogP contribution in [-0.4, -0.2) is 53.5 Å². The molecule has 0 aromatic heterocycles. The van der Waals surface area contributed by atoms with Crippen molar-refractivity contribution < 1.29 is 23.8 Å². The van der Waals surface area contributed by atoms with Crippen LogP contribution in [-0.2, 0) is 4.79 Å². The zero-order chi connectivity index (χ0) is 26.8. The minimum atomic E-state index is -0.958. The highest BCUT2D eigenvalue weighted by Gasteiger charge is 2.47. The molecule has 0 saturated carbocycles. The number of rotatable bonds is 8. The third-order valence-corrected chi connectivity index (χ3v) is 6.77. The molecule has 5 unspecified atom stereocenters. The minimum Gasteiger partial charge on any atom is -0.394 e. The molecule has 3 rings (SSSR count). The number of nitrogens with one attached hydrogen (secondary N) is 2. The maximum Gasteiger partial charge on any atom is 0.237 e. The number of amides is 1. The highest BCUT2D eigenvalue weighted by molar-refractivity contribution is 6.31. The molecule has 1 saturated heterocycles. The van der Waals surface area contributed by atoms with E-state index in [9.17, 15) is 14.3 Å². The summed E-state index contributed by atoms with van der Waals surface area (Å²) in [7, 11) is 0. The van der Waals surface area contributed by atoms with Gasteiger partial charge in [-0.3, -0.25) is 4.79 Å². The van der Waals surface area contributed by atoms with E-state index in [0.29, 0.717) is 12.0 Å². The van der Waals surface area contributed by atoms with Gasteiger partial charge in [-0.1, -0.05) is 44.0 Å². The molecule has 1 amide bonds. The van der Waals surface area contributed by atoms with Crippen LogP contribution >= 0.6 is 23.2 Å². The summed E-state index contributed by atoms with van der Waals surface area (Å²) in [5.41, 5.74) is 7.25. The second-order valence-electron chi connectivity index (χ2n) is 10.5. The number of benzene rings is 2. The van der Waals surface area contributed by atoms with Crippen LogP contribution in [0.1, 0.15) is 45.1 Å². The molecule has 1 aliphatic heterocycles. The van der Waals surface area contributed by atoms with Crippen molar-refractivity contribution in [2.24, 2.45) is 11.1 Å². The number of hydrogen-bond acceptors (Lipinski definition) is 5. The monoisotopic (exact) mass is 543 g/mol. The molecule has 0 aliphatic carbocycles. The molecule has 1 aliphatic rings. The van der Waals surface area contributed by atoms with Crippen molar-refractivity contribution in [1.82, 2.24) is 10.6 Å². The lowest BCUT2D eigenvalue weighted by atomic mass is 9.79. The van der Waals surface area contributed by atoms with Crippen molar-refractivity contribution in [2.75, 3.05) is 13.2 Å². The van der Waals surface area contributed by atoms with Crippen LogP contribution in [0.15, 0.2) is 30.3 Å². The van der Waals surface area contributed by atoms with E-state index >= 15 is 4.39 Å². The zero-order valence-corrected chi connectivity index (χ0v) is 22.0. The van der Waals surface area contributed by atoms with Crippen LogP contribution in [0.2, 0.25) is 10.0 Å². The standard InChI is InChI=1S/C26H33Cl2F2N3O3/c1-26(2,3)11-20-23(31)22(24(33-20)25(36)32-5-4-17(35)12-34)18-9-15(28)10-19(30)21(18)13-6-14(27)8-16(29)7-13/h6-10,17,20,22-24,33-35H,4-5,11-12,31H2,1-3H3,(H,32,36). The molecule has 6 N–H and O–H groups in total. The van der Waals surface area contributed by atoms with E-state index in [1.54, 1.807) is 6.07 Å². The Kier molecular flexibility index (Phi) is 9.36. The number of aliphatic hydroxyl groups is 2. The van der Waals surface area contributed by atoms with Gasteiger partial charge < -0.3 is 26.6 Å². The van der Waals surface area contributed by atoms with Gasteiger partial charge in [-0.2, -0.15) is 0 Å². The fourth-order valence-corrected chi connectivity index (χ4v) is 5.26. The SMILES string of the molecule is CC(C)(C)CC1NC(C(=O)NCCC(O)CO)C(c2cc(Cl)cc(F)c2-c2cc(F)cc(Cl)c2)C1N. The third-order valence-electron chi connectivity index (χ3n) is 6.33. The molecule has 1 heterocycles. The Hall–Kier alpha value is -1.81. The molecule has 1 fully saturated rings. The molecule has 0 radical (unpaired) electrons. The van der Waals surface area contributed by atoms with Gasteiger partial charge in [0.1, 0.15) is 11.6 Å². The highest BCUT2D eigenvalue weighted by atomic mass is 35.5. The minimum absolute atomic E-state index is 0.0768. The van der Waals surface area contributed by atoms with Crippen molar-refractivity contribution in [2.45, 2.75) is 63.8 Å². The summed E-state index contributed by atoms with van der Waals surface area (Å²) in [4.78, 5) is 13.3. The number of carbonyl (C=O) groups is 1. The summed E-state index contributed by atoms with van der Waals surface area (Å²) in [6.45, 7) is 5.87. The maximum atomic E-state index is 15.4. The first kappa shape index (κ1) is 28.8. The average molecular weight is 544 g/mol. The fourth-order valence-electron chi connectivity index (χ4n) is 4.82. The molecule has 36 heavy (non-hydrogen) atoms. The van der Waals surface area contributed by atoms with Gasteiger partial charge in [-0.25, -0.2) is 8.78 Å². The van der Waals surface area contributed by atoms with Gasteiger partial charge in [-0.15, -0.1) is 0 Å². The second-order valence-corrected chi connectivity index (χ2v) is 11.4. The van der Waals surface area contributed by atoms with Crippen LogP contribution in [0.5, 0.6) is 0 Å². The third kappa shape index (κ3) is 6.94. The molecule has 6 nitrogen and oxygen atoms in total. The van der Waals surface area contributed by atoms with Gasteiger partial charge in [0.05, 0.1) is 18.8 Å². The van der Waals surface area contributed by atoms with Crippen LogP contribution < -0.4 is 16.4 Å². The van der Waals surface area contributed by atoms with E-state index in [0.717, 1.165) is 12.1 Å². The normalized spacial score (nSPS) is 23.1. The van der Waals surface area contributed by atoms with E-state index in [4.69, 9.17) is 34.0 Å². The van der Waals surface area contributed by atoms with Crippen molar-refractivity contribution in [3.05, 3.63) is 57.6 Å². The lowest BCUT2D eigenvalue weighted by Gasteiger charge is -2.28. The van der Waals surface area contributed by atoms with Gasteiger partial charge in [0, 0.05) is 40.2 Å². The van der Waals surface area contributed by atoms with Crippen LogP contribution in [0.4, 0.5) is 8.78 Å². The number of hydrogen-bond donors (Lipinski definition) is 5. The Labute approximate surface area is 220 Å². The molecular weight excluding hydrogens is 511 g/mol. The smallest absolute Gasteiger partial charge is 0.237 e. The summed E-state index contributed by atoms with van der Waals surface area (Å²) in [5, 5.41) is 24.9. The Morgan fingerprint density at radius 1 is 1.17 bits per heavy atom. The highest BCUT2D eigenvalue weighted by Crippen LogP contribution is 2.42. The number of halogens is 4. The van der Waals surface area contributed by atoms with E-state index < -0.39 is 42.3 Å².